The van der Waals surface area contributed by atoms with Gasteiger partial charge in [-0.3, -0.25) is 5.84 Å². The van der Waals surface area contributed by atoms with Crippen molar-refractivity contribution in [3.63, 3.8) is 0 Å². The van der Waals surface area contributed by atoms with Crippen LogP contribution in [0.5, 0.6) is 0 Å². The van der Waals surface area contributed by atoms with Crippen LogP contribution >= 0.6 is 11.6 Å². The molecule has 0 aromatic heterocycles. The summed E-state index contributed by atoms with van der Waals surface area (Å²) < 4.78 is 40.6. The van der Waals surface area contributed by atoms with E-state index in [1.165, 1.54) is 12.1 Å². The first-order valence-electron chi connectivity index (χ1n) is 5.39. The summed E-state index contributed by atoms with van der Waals surface area (Å²) in [6, 6.07) is 5.66. The lowest BCUT2D eigenvalue weighted by atomic mass is 9.98. The highest BCUT2D eigenvalue weighted by Crippen LogP contribution is 2.28. The fourth-order valence-corrected chi connectivity index (χ4v) is 2.00. The van der Waals surface area contributed by atoms with Crippen molar-refractivity contribution < 1.29 is 13.2 Å². The molecule has 0 spiro atoms. The number of benzene rings is 2. The highest BCUT2D eigenvalue weighted by molar-refractivity contribution is 6.30. The van der Waals surface area contributed by atoms with Crippen LogP contribution in [0.1, 0.15) is 17.2 Å². The molecule has 0 aliphatic carbocycles. The number of nitrogens with one attached hydrogen (secondary N) is 1. The normalized spacial score (nSPS) is 12.5. The average molecular weight is 287 g/mol. The number of nitrogens with two attached hydrogens (primary N) is 1. The zero-order valence-corrected chi connectivity index (χ0v) is 10.4. The van der Waals surface area contributed by atoms with Crippen molar-refractivity contribution in [2.24, 2.45) is 5.84 Å². The Balaban J connectivity index is 2.55. The Kier molecular flexibility index (Phi) is 4.09. The van der Waals surface area contributed by atoms with E-state index >= 15 is 0 Å². The van der Waals surface area contributed by atoms with Crippen molar-refractivity contribution in [2.75, 3.05) is 0 Å². The molecule has 0 aliphatic rings. The van der Waals surface area contributed by atoms with E-state index in [2.05, 4.69) is 5.43 Å². The number of halogens is 4. The quantitative estimate of drug-likeness (QED) is 0.671. The zero-order valence-electron chi connectivity index (χ0n) is 9.63. The number of hydrogen-bond acceptors (Lipinski definition) is 2. The fourth-order valence-electron chi connectivity index (χ4n) is 1.82. The van der Waals surface area contributed by atoms with E-state index in [1.54, 1.807) is 0 Å². The molecule has 1 atom stereocenters. The number of rotatable bonds is 3. The molecule has 19 heavy (non-hydrogen) atoms. The van der Waals surface area contributed by atoms with E-state index in [0.717, 1.165) is 24.3 Å². The largest absolute Gasteiger partial charge is 0.271 e. The van der Waals surface area contributed by atoms with E-state index in [1.807, 2.05) is 0 Å². The molecule has 0 heterocycles. The van der Waals surface area contributed by atoms with Gasteiger partial charge in [0, 0.05) is 16.1 Å². The second-order valence-corrected chi connectivity index (χ2v) is 4.37. The maximum Gasteiger partial charge on any atom is 0.128 e. The van der Waals surface area contributed by atoms with Crippen molar-refractivity contribution in [3.05, 3.63) is 70.0 Å². The molecule has 0 saturated carbocycles. The topological polar surface area (TPSA) is 38.0 Å². The van der Waals surface area contributed by atoms with Gasteiger partial charge in [-0.15, -0.1) is 0 Å². The van der Waals surface area contributed by atoms with Gasteiger partial charge in [-0.05, 0) is 36.4 Å². The molecule has 0 bridgehead atoms. The average Bonchev–Trinajstić information content (AvgIpc) is 2.38. The summed E-state index contributed by atoms with van der Waals surface area (Å²) in [5, 5.41) is 0.272. The molecule has 0 saturated heterocycles. The first-order valence-corrected chi connectivity index (χ1v) is 5.76. The van der Waals surface area contributed by atoms with Gasteiger partial charge in [-0.25, -0.2) is 18.6 Å². The van der Waals surface area contributed by atoms with Gasteiger partial charge in [0.25, 0.3) is 0 Å². The predicted octanol–water partition coefficient (Wildman–Crippen LogP) is 3.31. The van der Waals surface area contributed by atoms with Crippen molar-refractivity contribution in [1.29, 1.82) is 0 Å². The third-order valence-corrected chi connectivity index (χ3v) is 2.94. The summed E-state index contributed by atoms with van der Waals surface area (Å²) in [6.45, 7) is 0. The van der Waals surface area contributed by atoms with Crippen molar-refractivity contribution >= 4 is 11.6 Å². The lowest BCUT2D eigenvalue weighted by Crippen LogP contribution is -2.30. The Morgan fingerprint density at radius 1 is 0.947 bits per heavy atom. The molecular weight excluding hydrogens is 277 g/mol. The third-order valence-electron chi connectivity index (χ3n) is 2.70. The van der Waals surface area contributed by atoms with Gasteiger partial charge >= 0.3 is 0 Å². The van der Waals surface area contributed by atoms with Gasteiger partial charge in [0.05, 0.1) is 6.04 Å². The number of hydrogen-bond donors (Lipinski definition) is 2. The SMILES string of the molecule is NNC(c1cc(F)ccc1F)c1cc(Cl)ccc1F. The zero-order chi connectivity index (χ0) is 14.0. The molecule has 2 nitrogen and oxygen atoms in total. The van der Waals surface area contributed by atoms with E-state index in [0.29, 0.717) is 0 Å². The minimum Gasteiger partial charge on any atom is -0.271 e. The fraction of sp³-hybridized carbons (Fsp3) is 0.0769. The van der Waals surface area contributed by atoms with E-state index in [4.69, 9.17) is 17.4 Å². The highest BCUT2D eigenvalue weighted by atomic mass is 35.5. The molecule has 2 aromatic carbocycles. The first-order chi connectivity index (χ1) is 9.02. The first kappa shape index (κ1) is 13.9. The molecular formula is C13H10ClF3N2. The molecule has 0 amide bonds. The summed E-state index contributed by atoms with van der Waals surface area (Å²) in [6.07, 6.45) is 0. The van der Waals surface area contributed by atoms with Crippen molar-refractivity contribution in [3.8, 4) is 0 Å². The lowest BCUT2D eigenvalue weighted by Gasteiger charge is -2.18. The number of hydrazine groups is 1. The summed E-state index contributed by atoms with van der Waals surface area (Å²) >= 11 is 5.77. The molecule has 3 N–H and O–H groups in total. The van der Waals surface area contributed by atoms with Crippen molar-refractivity contribution in [2.45, 2.75) is 6.04 Å². The standard InChI is InChI=1S/C13H10ClF3N2/c14-7-1-3-11(16)9(5-7)13(19-18)10-6-8(15)2-4-12(10)17/h1-6,13,19H,18H2. The predicted molar refractivity (Wildman–Crippen MR) is 66.9 cm³/mol. The minimum absolute atomic E-state index is 0.0412. The maximum absolute atomic E-state index is 13.8. The van der Waals surface area contributed by atoms with E-state index in [-0.39, 0.29) is 16.1 Å². The van der Waals surface area contributed by atoms with Gasteiger partial charge < -0.3 is 0 Å². The second-order valence-electron chi connectivity index (χ2n) is 3.93. The van der Waals surface area contributed by atoms with Crippen LogP contribution in [-0.2, 0) is 0 Å². The summed E-state index contributed by atoms with van der Waals surface area (Å²) in [4.78, 5) is 0. The molecule has 1 unspecified atom stereocenters. The highest BCUT2D eigenvalue weighted by Gasteiger charge is 2.21. The van der Waals surface area contributed by atoms with Crippen LogP contribution in [0.4, 0.5) is 13.2 Å². The molecule has 6 heteroatoms. The smallest absolute Gasteiger partial charge is 0.128 e. The van der Waals surface area contributed by atoms with Gasteiger partial charge in [0.15, 0.2) is 0 Å². The van der Waals surface area contributed by atoms with Crippen LogP contribution < -0.4 is 11.3 Å². The van der Waals surface area contributed by atoms with Gasteiger partial charge in [-0.2, -0.15) is 0 Å². The summed E-state index contributed by atoms with van der Waals surface area (Å²) in [7, 11) is 0. The summed E-state index contributed by atoms with van der Waals surface area (Å²) in [5.41, 5.74) is 2.21. The van der Waals surface area contributed by atoms with Crippen LogP contribution in [0, 0.1) is 17.5 Å². The van der Waals surface area contributed by atoms with E-state index < -0.39 is 23.5 Å². The van der Waals surface area contributed by atoms with Crippen LogP contribution in [0.2, 0.25) is 5.02 Å². The molecule has 2 aromatic rings. The molecule has 0 radical (unpaired) electrons. The third kappa shape index (κ3) is 2.89. The van der Waals surface area contributed by atoms with Crippen LogP contribution in [0.3, 0.4) is 0 Å². The second kappa shape index (κ2) is 5.61. The van der Waals surface area contributed by atoms with Gasteiger partial charge in [-0.1, -0.05) is 11.6 Å². The Bertz CT molecular complexity index is 553. The van der Waals surface area contributed by atoms with E-state index in [9.17, 15) is 13.2 Å². The Labute approximate surface area is 113 Å². The summed E-state index contributed by atoms with van der Waals surface area (Å²) in [5.74, 6) is 3.38. The lowest BCUT2D eigenvalue weighted by molar-refractivity contribution is 0.523. The maximum atomic E-state index is 13.8. The Morgan fingerprint density at radius 2 is 1.53 bits per heavy atom. The van der Waals surface area contributed by atoms with Crippen molar-refractivity contribution in [1.82, 2.24) is 5.43 Å². The van der Waals surface area contributed by atoms with Crippen LogP contribution in [0.15, 0.2) is 36.4 Å². The minimum atomic E-state index is -1.03. The Hall–Kier alpha value is -1.56. The molecule has 0 fully saturated rings. The molecule has 0 aliphatic heterocycles. The van der Waals surface area contributed by atoms with Gasteiger partial charge in [0.1, 0.15) is 17.5 Å². The molecule has 100 valence electrons. The Morgan fingerprint density at radius 3 is 2.16 bits per heavy atom. The monoisotopic (exact) mass is 286 g/mol. The van der Waals surface area contributed by atoms with Crippen LogP contribution in [0.25, 0.3) is 0 Å². The van der Waals surface area contributed by atoms with Gasteiger partial charge in [0.2, 0.25) is 0 Å². The van der Waals surface area contributed by atoms with Crippen LogP contribution in [-0.4, -0.2) is 0 Å². The molecule has 2 rings (SSSR count).